The maximum Gasteiger partial charge on any atom is 0.204 e. The molecule has 2 aliphatic rings. The second kappa shape index (κ2) is 7.38. The summed E-state index contributed by atoms with van der Waals surface area (Å²) in [5.74, 6) is 0.484. The highest BCUT2D eigenvalue weighted by molar-refractivity contribution is 7.71. The lowest BCUT2D eigenvalue weighted by molar-refractivity contribution is 0.119. The Morgan fingerprint density at radius 3 is 2.45 bits per heavy atom. The molecule has 6 heteroatoms. The van der Waals surface area contributed by atoms with Crippen molar-refractivity contribution in [3.63, 3.8) is 0 Å². The molecule has 4 nitrogen and oxygen atoms in total. The van der Waals surface area contributed by atoms with Gasteiger partial charge in [-0.05, 0) is 78.7 Å². The monoisotopic (exact) mass is 436 g/mol. The summed E-state index contributed by atoms with van der Waals surface area (Å²) in [6, 6.07) is 17.1. The van der Waals surface area contributed by atoms with Crippen LogP contribution >= 0.6 is 12.2 Å². The van der Waals surface area contributed by atoms with Gasteiger partial charge >= 0.3 is 0 Å². The largest absolute Gasteiger partial charge is 0.281 e. The number of rotatable bonds is 4. The van der Waals surface area contributed by atoms with Gasteiger partial charge in [-0.2, -0.15) is 0 Å². The lowest BCUT2D eigenvalue weighted by atomic mass is 9.65. The van der Waals surface area contributed by atoms with Gasteiger partial charge in [0.1, 0.15) is 5.82 Å². The van der Waals surface area contributed by atoms with Crippen molar-refractivity contribution in [2.75, 3.05) is 6.54 Å². The van der Waals surface area contributed by atoms with E-state index in [0.717, 1.165) is 23.6 Å². The van der Waals surface area contributed by atoms with E-state index in [1.807, 2.05) is 39.6 Å². The predicted molar refractivity (Wildman–Crippen MR) is 124 cm³/mol. The van der Waals surface area contributed by atoms with Crippen molar-refractivity contribution in [3.8, 4) is 17.1 Å². The van der Waals surface area contributed by atoms with E-state index in [4.69, 9.17) is 17.3 Å². The molecule has 1 aromatic heterocycles. The van der Waals surface area contributed by atoms with Crippen LogP contribution in [0.2, 0.25) is 0 Å². The second-order valence-corrected chi connectivity index (χ2v) is 10.8. The predicted octanol–water partition coefficient (Wildman–Crippen LogP) is 6.07. The number of aromatic nitrogens is 3. The summed E-state index contributed by atoms with van der Waals surface area (Å²) >= 11 is 5.91. The minimum absolute atomic E-state index is 0.256. The molecule has 31 heavy (non-hydrogen) atoms. The molecule has 1 saturated carbocycles. The van der Waals surface area contributed by atoms with Crippen LogP contribution in [0.1, 0.15) is 40.0 Å². The number of halogens is 1. The minimum Gasteiger partial charge on any atom is -0.281 e. The van der Waals surface area contributed by atoms with Crippen LogP contribution < -0.4 is 0 Å². The number of fused-ring (bicyclic) bond motifs is 2. The zero-order valence-electron chi connectivity index (χ0n) is 18.4. The zero-order valence-corrected chi connectivity index (χ0v) is 19.2. The van der Waals surface area contributed by atoms with Crippen LogP contribution in [0, 0.1) is 21.4 Å². The summed E-state index contributed by atoms with van der Waals surface area (Å²) in [4.78, 5) is 2.56. The lowest BCUT2D eigenvalue weighted by Crippen LogP contribution is -2.35. The average molecular weight is 437 g/mol. The van der Waals surface area contributed by atoms with Crippen LogP contribution in [0.4, 0.5) is 4.39 Å². The van der Waals surface area contributed by atoms with E-state index >= 15 is 0 Å². The maximum absolute atomic E-state index is 13.5. The van der Waals surface area contributed by atoms with Gasteiger partial charge in [0.2, 0.25) is 4.77 Å². The molecule has 5 rings (SSSR count). The molecule has 2 fully saturated rings. The van der Waals surface area contributed by atoms with Gasteiger partial charge in [-0.15, -0.1) is 5.10 Å². The maximum atomic E-state index is 13.5. The molecule has 1 aliphatic carbocycles. The standard InChI is InChI=1S/C25H29FN4S/c1-24(2)13-21-14-25(3,15-24)16-28(21)17-29-23(31)30(20-7-5-4-6-8-20)22(27-29)18-9-11-19(26)12-10-18/h4-12,21H,13-17H2,1-3H3/t21-,25+/m0/s1. The van der Waals surface area contributed by atoms with Gasteiger partial charge in [0, 0.05) is 23.8 Å². The molecule has 0 radical (unpaired) electrons. The molecule has 2 heterocycles. The molecule has 0 spiro atoms. The summed E-state index contributed by atoms with van der Waals surface area (Å²) in [6.45, 7) is 8.97. The summed E-state index contributed by atoms with van der Waals surface area (Å²) in [5, 5.41) is 4.93. The molecule has 1 saturated heterocycles. The van der Waals surface area contributed by atoms with Crippen LogP contribution in [-0.4, -0.2) is 31.8 Å². The van der Waals surface area contributed by atoms with E-state index in [1.54, 1.807) is 12.1 Å². The van der Waals surface area contributed by atoms with Crippen molar-refractivity contribution in [2.45, 2.75) is 52.7 Å². The van der Waals surface area contributed by atoms with Crippen molar-refractivity contribution in [1.82, 2.24) is 19.2 Å². The van der Waals surface area contributed by atoms with Crippen molar-refractivity contribution in [1.29, 1.82) is 0 Å². The van der Waals surface area contributed by atoms with Gasteiger partial charge < -0.3 is 0 Å². The Balaban J connectivity index is 1.55. The third kappa shape index (κ3) is 3.87. The van der Waals surface area contributed by atoms with Gasteiger partial charge in [0.15, 0.2) is 5.82 Å². The normalized spacial score (nSPS) is 25.1. The Morgan fingerprint density at radius 2 is 1.74 bits per heavy atom. The first kappa shape index (κ1) is 20.6. The van der Waals surface area contributed by atoms with E-state index in [1.165, 1.54) is 31.4 Å². The number of hydrogen-bond acceptors (Lipinski definition) is 3. The second-order valence-electron chi connectivity index (χ2n) is 10.4. The molecule has 0 amide bonds. The summed E-state index contributed by atoms with van der Waals surface area (Å²) in [7, 11) is 0. The first-order valence-corrected chi connectivity index (χ1v) is 11.4. The summed E-state index contributed by atoms with van der Waals surface area (Å²) < 4.78 is 18.1. The smallest absolute Gasteiger partial charge is 0.204 e. The first-order chi connectivity index (χ1) is 14.7. The van der Waals surface area contributed by atoms with Gasteiger partial charge in [0.05, 0.1) is 6.67 Å². The topological polar surface area (TPSA) is 26.0 Å². The van der Waals surface area contributed by atoms with E-state index in [-0.39, 0.29) is 5.82 Å². The molecule has 0 unspecified atom stereocenters. The molecule has 3 aromatic rings. The fourth-order valence-corrected chi connectivity index (χ4v) is 6.30. The average Bonchev–Trinajstić information content (AvgIpc) is 3.15. The van der Waals surface area contributed by atoms with Crippen molar-refractivity contribution >= 4 is 12.2 Å². The Hall–Kier alpha value is -2.31. The van der Waals surface area contributed by atoms with Gasteiger partial charge in [-0.1, -0.05) is 39.0 Å². The van der Waals surface area contributed by atoms with Crippen LogP contribution in [0.3, 0.4) is 0 Å². The molecular weight excluding hydrogens is 407 g/mol. The Labute approximate surface area is 188 Å². The SMILES string of the molecule is CC1(C)C[C@H]2C[C@@](C)(CN2Cn2nc(-c3ccc(F)cc3)n(-c3ccccc3)c2=S)C1. The summed E-state index contributed by atoms with van der Waals surface area (Å²) in [5.41, 5.74) is 2.54. The highest BCUT2D eigenvalue weighted by Crippen LogP contribution is 2.52. The molecule has 0 N–H and O–H groups in total. The van der Waals surface area contributed by atoms with Crippen molar-refractivity contribution in [3.05, 3.63) is 65.2 Å². The number of nitrogens with zero attached hydrogens (tertiary/aromatic N) is 4. The Bertz CT molecular complexity index is 1150. The fourth-order valence-electron chi connectivity index (χ4n) is 6.01. The first-order valence-electron chi connectivity index (χ1n) is 11.0. The number of benzene rings is 2. The van der Waals surface area contributed by atoms with E-state index in [2.05, 4.69) is 25.7 Å². The number of likely N-dealkylation sites (tertiary alicyclic amines) is 1. The van der Waals surface area contributed by atoms with Crippen LogP contribution in [-0.2, 0) is 6.67 Å². The Morgan fingerprint density at radius 1 is 1.03 bits per heavy atom. The molecule has 2 bridgehead atoms. The summed E-state index contributed by atoms with van der Waals surface area (Å²) in [6.07, 6.45) is 3.71. The highest BCUT2D eigenvalue weighted by atomic mass is 32.1. The highest BCUT2D eigenvalue weighted by Gasteiger charge is 2.49. The number of para-hydroxylation sites is 1. The quantitative estimate of drug-likeness (QED) is 0.465. The molecule has 2 aromatic carbocycles. The molecule has 2 atom stereocenters. The van der Waals surface area contributed by atoms with E-state index in [9.17, 15) is 4.39 Å². The minimum atomic E-state index is -0.256. The van der Waals surface area contributed by atoms with Crippen LogP contribution in [0.25, 0.3) is 17.1 Å². The van der Waals surface area contributed by atoms with Crippen LogP contribution in [0.5, 0.6) is 0 Å². The Kier molecular flexibility index (Phi) is 4.90. The third-order valence-electron chi connectivity index (χ3n) is 6.79. The third-order valence-corrected chi connectivity index (χ3v) is 7.19. The number of hydrogen-bond donors (Lipinski definition) is 0. The van der Waals surface area contributed by atoms with Gasteiger partial charge in [-0.25, -0.2) is 9.07 Å². The lowest BCUT2D eigenvalue weighted by Gasteiger charge is -2.39. The van der Waals surface area contributed by atoms with Crippen LogP contribution in [0.15, 0.2) is 54.6 Å². The van der Waals surface area contributed by atoms with E-state index < -0.39 is 0 Å². The molecule has 1 aliphatic heterocycles. The van der Waals surface area contributed by atoms with Crippen molar-refractivity contribution < 1.29 is 4.39 Å². The molecule has 162 valence electrons. The fraction of sp³-hybridized carbons (Fsp3) is 0.440. The molecular formula is C25H29FN4S. The van der Waals surface area contributed by atoms with Gasteiger partial charge in [0.25, 0.3) is 0 Å². The van der Waals surface area contributed by atoms with E-state index in [0.29, 0.717) is 28.3 Å². The zero-order chi connectivity index (χ0) is 21.8. The van der Waals surface area contributed by atoms with Gasteiger partial charge in [-0.3, -0.25) is 9.47 Å². The van der Waals surface area contributed by atoms with Crippen molar-refractivity contribution in [2.24, 2.45) is 10.8 Å².